The predicted molar refractivity (Wildman–Crippen MR) is 73.7 cm³/mol. The van der Waals surface area contributed by atoms with E-state index in [4.69, 9.17) is 4.74 Å². The van der Waals surface area contributed by atoms with E-state index in [1.54, 1.807) is 17.2 Å². The fourth-order valence-electron chi connectivity index (χ4n) is 2.25. The van der Waals surface area contributed by atoms with Gasteiger partial charge in [0.05, 0.1) is 17.9 Å². The van der Waals surface area contributed by atoms with Gasteiger partial charge in [-0.2, -0.15) is 0 Å². The molecule has 1 amide bonds. The van der Waals surface area contributed by atoms with Crippen molar-refractivity contribution in [1.29, 1.82) is 0 Å². The van der Waals surface area contributed by atoms with Crippen molar-refractivity contribution in [2.45, 2.75) is 45.9 Å². The van der Waals surface area contributed by atoms with Crippen LogP contribution in [0, 0.1) is 0 Å². The zero-order valence-electron chi connectivity index (χ0n) is 12.0. The number of fused-ring (bicyclic) bond motifs is 1. The summed E-state index contributed by atoms with van der Waals surface area (Å²) >= 11 is 0. The third-order valence-corrected chi connectivity index (χ3v) is 3.16. The average molecular weight is 263 g/mol. The molecule has 1 aliphatic heterocycles. The molecule has 0 aliphatic carbocycles. The lowest BCUT2D eigenvalue weighted by Gasteiger charge is -2.35. The average Bonchev–Trinajstić information content (AvgIpc) is 2.70. The molecule has 0 fully saturated rings. The molecule has 0 N–H and O–H groups in total. The Labute approximate surface area is 113 Å². The predicted octanol–water partition coefficient (Wildman–Crippen LogP) is 2.84. The molecule has 0 bridgehead atoms. The number of hydrogen-bond acceptors (Lipinski definition) is 3. The monoisotopic (exact) mass is 263 g/mol. The first-order valence-corrected chi connectivity index (χ1v) is 6.51. The topological polar surface area (TPSA) is 47.4 Å². The van der Waals surface area contributed by atoms with Crippen LogP contribution in [0.2, 0.25) is 0 Å². The molecule has 2 heterocycles. The zero-order chi connectivity index (χ0) is 14.2. The number of amides is 1. The SMILES string of the molecule is C=Cc1cnc2n1CCN(C(=O)OC(C)(C)C)C2C. The molecule has 0 aromatic carbocycles. The highest BCUT2D eigenvalue weighted by Gasteiger charge is 2.32. The Hall–Kier alpha value is -1.78. The lowest BCUT2D eigenvalue weighted by atomic mass is 10.2. The Morgan fingerprint density at radius 3 is 2.79 bits per heavy atom. The Morgan fingerprint density at radius 2 is 2.21 bits per heavy atom. The number of carbonyl (C=O) groups excluding carboxylic acids is 1. The summed E-state index contributed by atoms with van der Waals surface area (Å²) in [7, 11) is 0. The maximum atomic E-state index is 12.2. The summed E-state index contributed by atoms with van der Waals surface area (Å²) in [5, 5.41) is 0. The van der Waals surface area contributed by atoms with Crippen molar-refractivity contribution in [2.24, 2.45) is 0 Å². The summed E-state index contributed by atoms with van der Waals surface area (Å²) in [5.41, 5.74) is 0.515. The van der Waals surface area contributed by atoms with Crippen LogP contribution in [0.25, 0.3) is 6.08 Å². The molecule has 2 rings (SSSR count). The highest BCUT2D eigenvalue weighted by atomic mass is 16.6. The van der Waals surface area contributed by atoms with Crippen LogP contribution >= 0.6 is 0 Å². The van der Waals surface area contributed by atoms with E-state index in [2.05, 4.69) is 16.1 Å². The van der Waals surface area contributed by atoms with Crippen LogP contribution in [-0.2, 0) is 11.3 Å². The van der Waals surface area contributed by atoms with E-state index in [9.17, 15) is 4.79 Å². The Balaban J connectivity index is 2.19. The molecule has 1 atom stereocenters. The molecule has 1 aliphatic rings. The van der Waals surface area contributed by atoms with Gasteiger partial charge in [0.15, 0.2) is 0 Å². The molecule has 5 heteroatoms. The van der Waals surface area contributed by atoms with Crippen LogP contribution in [0.4, 0.5) is 4.79 Å². The van der Waals surface area contributed by atoms with E-state index >= 15 is 0 Å². The number of nitrogens with zero attached hydrogens (tertiary/aromatic N) is 3. The van der Waals surface area contributed by atoms with E-state index < -0.39 is 5.60 Å². The molecular weight excluding hydrogens is 242 g/mol. The number of carbonyl (C=O) groups is 1. The van der Waals surface area contributed by atoms with Crippen LogP contribution in [0.3, 0.4) is 0 Å². The Morgan fingerprint density at radius 1 is 1.53 bits per heavy atom. The first-order valence-electron chi connectivity index (χ1n) is 6.51. The summed E-state index contributed by atoms with van der Waals surface area (Å²) in [6, 6.07) is -0.0858. The Kier molecular flexibility index (Phi) is 3.39. The van der Waals surface area contributed by atoms with Gasteiger partial charge in [0.2, 0.25) is 0 Å². The first kappa shape index (κ1) is 13.6. The van der Waals surface area contributed by atoms with Crippen LogP contribution in [0.15, 0.2) is 12.8 Å². The quantitative estimate of drug-likeness (QED) is 0.782. The number of hydrogen-bond donors (Lipinski definition) is 0. The fraction of sp³-hybridized carbons (Fsp3) is 0.571. The van der Waals surface area contributed by atoms with Gasteiger partial charge in [0.25, 0.3) is 0 Å². The third-order valence-electron chi connectivity index (χ3n) is 3.16. The van der Waals surface area contributed by atoms with E-state index in [-0.39, 0.29) is 12.1 Å². The van der Waals surface area contributed by atoms with Crippen molar-refractivity contribution in [3.63, 3.8) is 0 Å². The molecule has 0 saturated carbocycles. The molecule has 104 valence electrons. The molecule has 5 nitrogen and oxygen atoms in total. The minimum absolute atomic E-state index is 0.0858. The fourth-order valence-corrected chi connectivity index (χ4v) is 2.25. The van der Waals surface area contributed by atoms with Gasteiger partial charge in [-0.15, -0.1) is 0 Å². The molecule has 1 unspecified atom stereocenters. The molecule has 19 heavy (non-hydrogen) atoms. The van der Waals surface area contributed by atoms with E-state index in [0.717, 1.165) is 18.1 Å². The number of imidazole rings is 1. The van der Waals surface area contributed by atoms with Gasteiger partial charge in [-0.05, 0) is 33.8 Å². The van der Waals surface area contributed by atoms with E-state index in [1.807, 2.05) is 27.7 Å². The van der Waals surface area contributed by atoms with Crippen molar-refractivity contribution in [2.75, 3.05) is 6.54 Å². The molecule has 0 spiro atoms. The molecular formula is C14H21N3O2. The third kappa shape index (κ3) is 2.64. The van der Waals surface area contributed by atoms with Gasteiger partial charge >= 0.3 is 6.09 Å². The zero-order valence-corrected chi connectivity index (χ0v) is 12.0. The normalized spacial score (nSPS) is 18.9. The van der Waals surface area contributed by atoms with Crippen molar-refractivity contribution in [3.8, 4) is 0 Å². The van der Waals surface area contributed by atoms with Gasteiger partial charge in [-0.3, -0.25) is 4.90 Å². The van der Waals surface area contributed by atoms with Crippen LogP contribution in [0.1, 0.15) is 45.3 Å². The minimum Gasteiger partial charge on any atom is -0.444 e. The second-order valence-corrected chi connectivity index (χ2v) is 5.75. The van der Waals surface area contributed by atoms with Crippen molar-refractivity contribution >= 4 is 12.2 Å². The smallest absolute Gasteiger partial charge is 0.410 e. The molecule has 1 aromatic rings. The van der Waals surface area contributed by atoms with Crippen LogP contribution < -0.4 is 0 Å². The van der Waals surface area contributed by atoms with Crippen LogP contribution in [-0.4, -0.2) is 32.7 Å². The number of rotatable bonds is 1. The standard InChI is InChI=1S/C14H21N3O2/c1-6-11-9-15-12-10(2)16(7-8-17(11)12)13(18)19-14(3,4)5/h6,9-10H,1,7-8H2,2-5H3. The number of aromatic nitrogens is 2. The van der Waals surface area contributed by atoms with Crippen molar-refractivity contribution in [1.82, 2.24) is 14.5 Å². The van der Waals surface area contributed by atoms with Gasteiger partial charge < -0.3 is 9.30 Å². The largest absolute Gasteiger partial charge is 0.444 e. The first-order chi connectivity index (χ1) is 8.83. The molecule has 1 aromatic heterocycles. The minimum atomic E-state index is -0.476. The summed E-state index contributed by atoms with van der Waals surface area (Å²) in [4.78, 5) is 18.3. The highest BCUT2D eigenvalue weighted by molar-refractivity contribution is 5.69. The van der Waals surface area contributed by atoms with Gasteiger partial charge in [0.1, 0.15) is 11.4 Å². The second kappa shape index (κ2) is 4.72. The number of ether oxygens (including phenoxy) is 1. The van der Waals surface area contributed by atoms with Crippen LogP contribution in [0.5, 0.6) is 0 Å². The maximum absolute atomic E-state index is 12.2. The summed E-state index contributed by atoms with van der Waals surface area (Å²) in [6.45, 7) is 12.7. The van der Waals surface area contributed by atoms with Gasteiger partial charge in [-0.1, -0.05) is 6.58 Å². The van der Waals surface area contributed by atoms with E-state index in [0.29, 0.717) is 6.54 Å². The summed E-state index contributed by atoms with van der Waals surface area (Å²) in [5.74, 6) is 0.881. The summed E-state index contributed by atoms with van der Waals surface area (Å²) in [6.07, 6.45) is 3.29. The lowest BCUT2D eigenvalue weighted by Crippen LogP contribution is -2.44. The second-order valence-electron chi connectivity index (χ2n) is 5.75. The lowest BCUT2D eigenvalue weighted by molar-refractivity contribution is 0.0120. The van der Waals surface area contributed by atoms with E-state index in [1.165, 1.54) is 0 Å². The van der Waals surface area contributed by atoms with Gasteiger partial charge in [0, 0.05) is 13.1 Å². The summed E-state index contributed by atoms with van der Waals surface area (Å²) < 4.78 is 7.52. The maximum Gasteiger partial charge on any atom is 0.410 e. The molecule has 0 saturated heterocycles. The van der Waals surface area contributed by atoms with Crippen molar-refractivity contribution in [3.05, 3.63) is 24.3 Å². The highest BCUT2D eigenvalue weighted by Crippen LogP contribution is 2.27. The molecule has 0 radical (unpaired) electrons. The van der Waals surface area contributed by atoms with Crippen molar-refractivity contribution < 1.29 is 9.53 Å². The van der Waals surface area contributed by atoms with Gasteiger partial charge in [-0.25, -0.2) is 9.78 Å². The Bertz CT molecular complexity index is 499.